The molecule has 6 nitrogen and oxygen atoms in total. The van der Waals surface area contributed by atoms with Crippen molar-refractivity contribution in [3.63, 3.8) is 0 Å². The number of aliphatic hydroxyl groups is 1. The number of benzene rings is 3. The van der Waals surface area contributed by atoms with Crippen LogP contribution in [-0.2, 0) is 25.9 Å². The third kappa shape index (κ3) is 7.85. The molecule has 1 aliphatic heterocycles. The number of amides is 1. The first kappa shape index (κ1) is 33.4. The molecule has 0 bridgehead atoms. The van der Waals surface area contributed by atoms with Crippen molar-refractivity contribution in [2.75, 3.05) is 11.4 Å². The van der Waals surface area contributed by atoms with E-state index in [2.05, 4.69) is 78.3 Å². The van der Waals surface area contributed by atoms with E-state index >= 15 is 0 Å². The van der Waals surface area contributed by atoms with Gasteiger partial charge in [0.2, 0.25) is 0 Å². The second-order valence-corrected chi connectivity index (χ2v) is 12.5. The van der Waals surface area contributed by atoms with Crippen molar-refractivity contribution in [2.24, 2.45) is 0 Å². The van der Waals surface area contributed by atoms with Gasteiger partial charge in [0.25, 0.3) is 5.91 Å². The number of carbonyl (C=O) groups excluding carboxylic acids is 1. The van der Waals surface area contributed by atoms with Gasteiger partial charge in [0.05, 0.1) is 23.3 Å². The minimum Gasteiger partial charge on any atom is -0.390 e. The summed E-state index contributed by atoms with van der Waals surface area (Å²) in [6.07, 6.45) is 7.25. The van der Waals surface area contributed by atoms with Crippen LogP contribution in [0, 0.1) is 11.6 Å². The third-order valence-corrected chi connectivity index (χ3v) is 8.96. The molecule has 1 unspecified atom stereocenters. The predicted octanol–water partition coefficient (Wildman–Crippen LogP) is 7.28. The topological polar surface area (TPSA) is 69.5 Å². The highest BCUT2D eigenvalue weighted by molar-refractivity contribution is 6.03. The molecule has 8 heteroatoms. The SMILES string of the molecule is CCCCn1ccc2c(N3C(C)=CCC3C)cc(C(=O)N[C@@H](Cc3cc(F)cc(F)c3)[C@H](O)CNCc3cccc(CC)c3)cc21. The zero-order valence-electron chi connectivity index (χ0n) is 27.3. The van der Waals surface area contributed by atoms with Crippen molar-refractivity contribution < 1.29 is 18.7 Å². The summed E-state index contributed by atoms with van der Waals surface area (Å²) in [5.74, 6) is -1.75. The Hall–Kier alpha value is -4.01. The van der Waals surface area contributed by atoms with Gasteiger partial charge in [-0.2, -0.15) is 0 Å². The molecule has 0 saturated carbocycles. The van der Waals surface area contributed by atoms with Crippen LogP contribution in [0.25, 0.3) is 10.9 Å². The first-order chi connectivity index (χ1) is 22.2. The molecule has 46 heavy (non-hydrogen) atoms. The van der Waals surface area contributed by atoms with Crippen LogP contribution < -0.4 is 15.5 Å². The number of carbonyl (C=O) groups is 1. The number of nitrogens with one attached hydrogen (secondary N) is 2. The highest BCUT2D eigenvalue weighted by Crippen LogP contribution is 2.36. The highest BCUT2D eigenvalue weighted by atomic mass is 19.1. The number of hydrogen-bond donors (Lipinski definition) is 3. The number of halogens is 2. The van der Waals surface area contributed by atoms with Crippen molar-refractivity contribution in [1.29, 1.82) is 0 Å². The van der Waals surface area contributed by atoms with Crippen LogP contribution in [0.1, 0.15) is 74.0 Å². The lowest BCUT2D eigenvalue weighted by Gasteiger charge is -2.28. The summed E-state index contributed by atoms with van der Waals surface area (Å²) in [6, 6.07) is 16.9. The number of aromatic nitrogens is 1. The average Bonchev–Trinajstić information content (AvgIpc) is 3.60. The monoisotopic (exact) mass is 628 g/mol. The summed E-state index contributed by atoms with van der Waals surface area (Å²) < 4.78 is 30.5. The van der Waals surface area contributed by atoms with Gasteiger partial charge in [0, 0.05) is 54.6 Å². The number of fused-ring (bicyclic) bond motifs is 1. The van der Waals surface area contributed by atoms with Crippen LogP contribution in [0.2, 0.25) is 0 Å². The van der Waals surface area contributed by atoms with E-state index in [9.17, 15) is 18.7 Å². The standard InChI is InChI=1S/C38H46F2N4O2/c1-5-7-14-43-15-13-33-35(43)20-30(21-36(33)44-25(3)11-12-26(44)4)38(46)42-34(19-29-17-31(39)22-32(40)18-29)37(45)24-41-23-28-10-8-9-27(6-2)16-28/h8-11,13,15-18,20-22,26,34,37,41,45H,5-7,12,14,19,23-24H2,1-4H3,(H,42,46)/t26?,34-,37+/m0/s1. The van der Waals surface area contributed by atoms with E-state index in [1.807, 2.05) is 24.3 Å². The molecule has 1 amide bonds. The molecular formula is C38H46F2N4O2. The minimum atomic E-state index is -1.02. The van der Waals surface area contributed by atoms with E-state index in [0.717, 1.165) is 66.1 Å². The van der Waals surface area contributed by atoms with Gasteiger partial charge < -0.3 is 25.2 Å². The Kier molecular flexibility index (Phi) is 10.9. The van der Waals surface area contributed by atoms with E-state index in [1.54, 1.807) is 0 Å². The molecule has 1 aliphatic rings. The first-order valence-electron chi connectivity index (χ1n) is 16.5. The number of aliphatic hydroxyl groups excluding tert-OH is 1. The Morgan fingerprint density at radius 1 is 1.02 bits per heavy atom. The number of rotatable bonds is 14. The third-order valence-electron chi connectivity index (χ3n) is 8.96. The van der Waals surface area contributed by atoms with Crippen molar-refractivity contribution in [3.8, 4) is 0 Å². The molecule has 0 spiro atoms. The van der Waals surface area contributed by atoms with E-state index < -0.39 is 23.8 Å². The van der Waals surface area contributed by atoms with Gasteiger partial charge in [-0.3, -0.25) is 4.79 Å². The minimum absolute atomic E-state index is 0.0571. The number of allylic oxidation sites excluding steroid dienone is 1. The fourth-order valence-corrected chi connectivity index (χ4v) is 6.43. The fourth-order valence-electron chi connectivity index (χ4n) is 6.43. The number of hydrogen-bond acceptors (Lipinski definition) is 4. The Morgan fingerprint density at radius 2 is 1.78 bits per heavy atom. The quantitative estimate of drug-likeness (QED) is 0.137. The van der Waals surface area contributed by atoms with Crippen LogP contribution in [0.15, 0.2) is 78.6 Å². The van der Waals surface area contributed by atoms with Gasteiger partial charge in [0.1, 0.15) is 11.6 Å². The van der Waals surface area contributed by atoms with Gasteiger partial charge in [-0.25, -0.2) is 8.78 Å². The molecule has 4 aromatic rings. The average molecular weight is 629 g/mol. The zero-order valence-corrected chi connectivity index (χ0v) is 27.3. The molecule has 0 fully saturated rings. The molecule has 5 rings (SSSR count). The summed E-state index contributed by atoms with van der Waals surface area (Å²) in [5.41, 5.74) is 6.23. The predicted molar refractivity (Wildman–Crippen MR) is 182 cm³/mol. The maximum absolute atomic E-state index is 14.1. The summed E-state index contributed by atoms with van der Waals surface area (Å²) in [6.45, 7) is 10.1. The van der Waals surface area contributed by atoms with Crippen molar-refractivity contribution >= 4 is 22.5 Å². The lowest BCUT2D eigenvalue weighted by atomic mass is 9.99. The molecule has 3 aromatic carbocycles. The van der Waals surface area contributed by atoms with Gasteiger partial charge in [-0.1, -0.05) is 50.6 Å². The van der Waals surface area contributed by atoms with Gasteiger partial charge in [0.15, 0.2) is 0 Å². The normalized spacial score (nSPS) is 16.1. The lowest BCUT2D eigenvalue weighted by Crippen LogP contribution is -2.48. The molecule has 0 saturated heterocycles. The van der Waals surface area contributed by atoms with Crippen molar-refractivity contribution in [1.82, 2.24) is 15.2 Å². The van der Waals surface area contributed by atoms with Gasteiger partial charge >= 0.3 is 0 Å². The van der Waals surface area contributed by atoms with Crippen LogP contribution in [0.4, 0.5) is 14.5 Å². The Labute approximate surface area is 271 Å². The summed E-state index contributed by atoms with van der Waals surface area (Å²) in [5, 5.41) is 18.8. The maximum Gasteiger partial charge on any atom is 0.251 e. The Balaban J connectivity index is 1.43. The summed E-state index contributed by atoms with van der Waals surface area (Å²) in [4.78, 5) is 16.3. The first-order valence-corrected chi connectivity index (χ1v) is 16.5. The molecule has 0 aliphatic carbocycles. The molecule has 3 atom stereocenters. The Morgan fingerprint density at radius 3 is 2.48 bits per heavy atom. The van der Waals surface area contributed by atoms with E-state index in [1.165, 1.54) is 17.7 Å². The van der Waals surface area contributed by atoms with Crippen molar-refractivity contribution in [2.45, 2.75) is 91.1 Å². The van der Waals surface area contributed by atoms with E-state index in [-0.39, 0.29) is 24.9 Å². The van der Waals surface area contributed by atoms with Gasteiger partial charge in [-0.05, 0) is 86.6 Å². The molecule has 2 heterocycles. The zero-order chi connectivity index (χ0) is 32.8. The lowest BCUT2D eigenvalue weighted by molar-refractivity contribution is 0.0830. The molecule has 1 aromatic heterocycles. The van der Waals surface area contributed by atoms with Crippen LogP contribution in [0.3, 0.4) is 0 Å². The number of anilines is 1. The van der Waals surface area contributed by atoms with Crippen LogP contribution in [0.5, 0.6) is 0 Å². The molecule has 0 radical (unpaired) electrons. The van der Waals surface area contributed by atoms with Crippen LogP contribution in [-0.4, -0.2) is 40.3 Å². The highest BCUT2D eigenvalue weighted by Gasteiger charge is 2.27. The van der Waals surface area contributed by atoms with E-state index in [4.69, 9.17) is 0 Å². The van der Waals surface area contributed by atoms with Crippen molar-refractivity contribution in [3.05, 3.63) is 113 Å². The number of nitrogens with zero attached hydrogens (tertiary/aromatic N) is 2. The molecular weight excluding hydrogens is 582 g/mol. The Bertz CT molecular complexity index is 1680. The fraction of sp³-hybridized carbons (Fsp3) is 0.395. The summed E-state index contributed by atoms with van der Waals surface area (Å²) in [7, 11) is 0. The second-order valence-electron chi connectivity index (χ2n) is 12.5. The molecule has 244 valence electrons. The number of unbranched alkanes of at least 4 members (excludes halogenated alkanes) is 1. The smallest absolute Gasteiger partial charge is 0.251 e. The number of aryl methyl sites for hydroxylation is 2. The second kappa shape index (κ2) is 15.1. The van der Waals surface area contributed by atoms with E-state index in [0.29, 0.717) is 17.7 Å². The largest absolute Gasteiger partial charge is 0.390 e. The van der Waals surface area contributed by atoms with Gasteiger partial charge in [-0.15, -0.1) is 0 Å². The molecule has 3 N–H and O–H groups in total. The summed E-state index contributed by atoms with van der Waals surface area (Å²) >= 11 is 0. The maximum atomic E-state index is 14.1. The van der Waals surface area contributed by atoms with Crippen LogP contribution >= 0.6 is 0 Å².